The molecule has 0 saturated carbocycles. The third kappa shape index (κ3) is 3.15. The van der Waals surface area contributed by atoms with E-state index in [4.69, 9.17) is 18.0 Å². The second-order valence-electron chi connectivity index (χ2n) is 3.90. The number of rotatable bonds is 4. The Kier molecular flexibility index (Phi) is 4.35. The van der Waals surface area contributed by atoms with E-state index in [1.807, 2.05) is 0 Å². The monoisotopic (exact) mass is 289 g/mol. The number of halogens is 1. The summed E-state index contributed by atoms with van der Waals surface area (Å²) in [4.78, 5) is 19.9. The number of nitrogens with zero attached hydrogens (tertiary/aromatic N) is 3. The molecule has 0 aliphatic rings. The molecular formula is C13H12ClN5O. The fourth-order valence-corrected chi connectivity index (χ4v) is 1.67. The Morgan fingerprint density at radius 1 is 1.35 bits per heavy atom. The molecule has 2 N–H and O–H groups in total. The first kappa shape index (κ1) is 14.1. The predicted molar refractivity (Wildman–Crippen MR) is 78.2 cm³/mol. The highest BCUT2D eigenvalue weighted by Crippen LogP contribution is 2.18. The average Bonchev–Trinajstić information content (AvgIpc) is 2.44. The summed E-state index contributed by atoms with van der Waals surface area (Å²) < 4.78 is 1.36. The molecule has 0 atom stereocenters. The van der Waals surface area contributed by atoms with Crippen LogP contribution in [0, 0.1) is 12.3 Å². The Morgan fingerprint density at radius 2 is 2.05 bits per heavy atom. The molecule has 1 aromatic heterocycles. The summed E-state index contributed by atoms with van der Waals surface area (Å²) in [6.45, 7) is 0.287. The molecule has 102 valence electrons. The van der Waals surface area contributed by atoms with Crippen molar-refractivity contribution >= 4 is 17.5 Å². The topological polar surface area (TPSA) is 71.8 Å². The van der Waals surface area contributed by atoms with Crippen molar-refractivity contribution in [2.24, 2.45) is 7.05 Å². The molecular weight excluding hydrogens is 278 g/mol. The maximum absolute atomic E-state index is 11.8. The summed E-state index contributed by atoms with van der Waals surface area (Å²) in [6, 6.07) is 7.02. The first-order valence-electron chi connectivity index (χ1n) is 5.75. The van der Waals surface area contributed by atoms with Crippen LogP contribution in [-0.2, 0) is 7.05 Å². The van der Waals surface area contributed by atoms with Crippen molar-refractivity contribution in [3.63, 3.8) is 0 Å². The molecule has 1 aromatic carbocycles. The van der Waals surface area contributed by atoms with Crippen molar-refractivity contribution in [3.05, 3.63) is 39.8 Å². The maximum atomic E-state index is 11.8. The van der Waals surface area contributed by atoms with Gasteiger partial charge in [-0.15, -0.1) is 6.42 Å². The van der Waals surface area contributed by atoms with Gasteiger partial charge in [-0.25, -0.2) is 10.2 Å². The lowest BCUT2D eigenvalue weighted by Gasteiger charge is -2.09. The van der Waals surface area contributed by atoms with E-state index in [1.54, 1.807) is 31.3 Å². The lowest BCUT2D eigenvalue weighted by molar-refractivity contribution is 0.770. The molecule has 2 aromatic rings. The summed E-state index contributed by atoms with van der Waals surface area (Å²) in [7, 11) is 1.60. The van der Waals surface area contributed by atoms with Crippen molar-refractivity contribution in [2.75, 3.05) is 12.0 Å². The molecule has 0 aliphatic carbocycles. The fourth-order valence-electron chi connectivity index (χ4n) is 1.54. The number of hydrogen-bond acceptors (Lipinski definition) is 5. The fraction of sp³-hybridized carbons (Fsp3) is 0.154. The number of hydrogen-bond donors (Lipinski definition) is 2. The minimum atomic E-state index is -0.421. The predicted octanol–water partition coefficient (Wildman–Crippen LogP) is 1.05. The standard InChI is InChI=1S/C13H12ClN5O/c1-3-8-15-18-12-16-11(19(2)13(20)17-12)9-4-6-10(14)7-5-9/h1,4-7,15H,8H2,2H3,(H,17,18,20). The second kappa shape index (κ2) is 6.19. The van der Waals surface area contributed by atoms with Gasteiger partial charge in [0.1, 0.15) is 5.82 Å². The zero-order chi connectivity index (χ0) is 14.5. The largest absolute Gasteiger partial charge is 0.352 e. The molecule has 0 radical (unpaired) electrons. The molecule has 0 amide bonds. The molecule has 7 heteroatoms. The molecule has 0 aliphatic heterocycles. The Bertz CT molecular complexity index is 702. The quantitative estimate of drug-likeness (QED) is 0.500. The third-order valence-electron chi connectivity index (χ3n) is 2.51. The first-order valence-corrected chi connectivity index (χ1v) is 6.13. The normalized spacial score (nSPS) is 10.1. The van der Waals surface area contributed by atoms with E-state index >= 15 is 0 Å². The summed E-state index contributed by atoms with van der Waals surface area (Å²) >= 11 is 5.84. The molecule has 1 heterocycles. The highest BCUT2D eigenvalue weighted by molar-refractivity contribution is 6.30. The van der Waals surface area contributed by atoms with Crippen molar-refractivity contribution in [3.8, 4) is 23.7 Å². The van der Waals surface area contributed by atoms with E-state index < -0.39 is 5.69 Å². The Hall–Kier alpha value is -2.36. The van der Waals surface area contributed by atoms with Crippen molar-refractivity contribution in [1.29, 1.82) is 0 Å². The smallest absolute Gasteiger partial charge is 0.289 e. The van der Waals surface area contributed by atoms with Gasteiger partial charge in [-0.05, 0) is 24.3 Å². The number of anilines is 1. The SMILES string of the molecule is C#CCNNc1nc(-c2ccc(Cl)cc2)n(C)c(=O)n1. The highest BCUT2D eigenvalue weighted by atomic mass is 35.5. The van der Waals surface area contributed by atoms with Gasteiger partial charge in [0, 0.05) is 17.6 Å². The van der Waals surface area contributed by atoms with Gasteiger partial charge in [0.2, 0.25) is 5.95 Å². The van der Waals surface area contributed by atoms with Gasteiger partial charge in [0.05, 0.1) is 6.54 Å². The summed E-state index contributed by atoms with van der Waals surface area (Å²) in [6.07, 6.45) is 5.11. The average molecular weight is 290 g/mol. The van der Waals surface area contributed by atoms with Gasteiger partial charge in [0.25, 0.3) is 0 Å². The molecule has 6 nitrogen and oxygen atoms in total. The van der Waals surface area contributed by atoms with E-state index in [0.717, 1.165) is 5.56 Å². The van der Waals surface area contributed by atoms with Crippen LogP contribution in [0.25, 0.3) is 11.4 Å². The van der Waals surface area contributed by atoms with Crippen LogP contribution in [-0.4, -0.2) is 21.1 Å². The van der Waals surface area contributed by atoms with Gasteiger partial charge in [0.15, 0.2) is 0 Å². The summed E-state index contributed by atoms with van der Waals surface area (Å²) in [5.41, 5.74) is 5.73. The van der Waals surface area contributed by atoms with Crippen LogP contribution < -0.4 is 16.5 Å². The minimum absolute atomic E-state index is 0.160. The van der Waals surface area contributed by atoms with Gasteiger partial charge >= 0.3 is 5.69 Å². The van der Waals surface area contributed by atoms with E-state index in [-0.39, 0.29) is 12.5 Å². The molecule has 0 spiro atoms. The van der Waals surface area contributed by atoms with Gasteiger partial charge < -0.3 is 0 Å². The van der Waals surface area contributed by atoms with E-state index in [9.17, 15) is 4.79 Å². The summed E-state index contributed by atoms with van der Waals surface area (Å²) in [5.74, 6) is 3.03. The number of hydrazine groups is 1. The highest BCUT2D eigenvalue weighted by Gasteiger charge is 2.09. The van der Waals surface area contributed by atoms with Crippen LogP contribution >= 0.6 is 11.6 Å². The Morgan fingerprint density at radius 3 is 2.70 bits per heavy atom. The van der Waals surface area contributed by atoms with Crippen LogP contribution in [0.2, 0.25) is 5.02 Å². The van der Waals surface area contributed by atoms with Crippen LogP contribution in [0.15, 0.2) is 29.1 Å². The van der Waals surface area contributed by atoms with E-state index in [1.165, 1.54) is 4.57 Å². The molecule has 0 bridgehead atoms. The Labute approximate surface area is 120 Å². The van der Waals surface area contributed by atoms with Crippen molar-refractivity contribution < 1.29 is 0 Å². The lowest BCUT2D eigenvalue weighted by atomic mass is 10.2. The molecule has 0 saturated heterocycles. The van der Waals surface area contributed by atoms with Gasteiger partial charge in [-0.3, -0.25) is 9.99 Å². The number of aromatic nitrogens is 3. The lowest BCUT2D eigenvalue weighted by Crippen LogP contribution is -2.29. The van der Waals surface area contributed by atoms with E-state index in [2.05, 4.69) is 26.7 Å². The maximum Gasteiger partial charge on any atom is 0.352 e. The summed E-state index contributed by atoms with van der Waals surface area (Å²) in [5, 5.41) is 0.613. The molecule has 2 rings (SSSR count). The van der Waals surface area contributed by atoms with Gasteiger partial charge in [-0.1, -0.05) is 17.5 Å². The zero-order valence-electron chi connectivity index (χ0n) is 10.7. The molecule has 20 heavy (non-hydrogen) atoms. The van der Waals surface area contributed by atoms with Crippen molar-refractivity contribution in [2.45, 2.75) is 0 Å². The zero-order valence-corrected chi connectivity index (χ0v) is 11.5. The van der Waals surface area contributed by atoms with Gasteiger partial charge in [-0.2, -0.15) is 9.97 Å². The Balaban J connectivity index is 2.39. The minimum Gasteiger partial charge on any atom is -0.289 e. The third-order valence-corrected chi connectivity index (χ3v) is 2.76. The second-order valence-corrected chi connectivity index (χ2v) is 4.34. The van der Waals surface area contributed by atoms with Crippen LogP contribution in [0.4, 0.5) is 5.95 Å². The van der Waals surface area contributed by atoms with Crippen LogP contribution in [0.5, 0.6) is 0 Å². The molecule has 0 unspecified atom stereocenters. The van der Waals surface area contributed by atoms with Crippen molar-refractivity contribution in [1.82, 2.24) is 20.0 Å². The first-order chi connectivity index (χ1) is 9.61. The molecule has 0 fully saturated rings. The number of benzene rings is 1. The van der Waals surface area contributed by atoms with E-state index in [0.29, 0.717) is 10.8 Å². The van der Waals surface area contributed by atoms with Crippen LogP contribution in [0.1, 0.15) is 0 Å². The van der Waals surface area contributed by atoms with Crippen LogP contribution in [0.3, 0.4) is 0 Å². The number of terminal acetylenes is 1. The number of nitrogens with one attached hydrogen (secondary N) is 2.